The molecule has 0 bridgehead atoms. The number of hydrogen-bond acceptors (Lipinski definition) is 1. The third-order valence-electron chi connectivity index (χ3n) is 11.7. The van der Waals surface area contributed by atoms with Crippen molar-refractivity contribution >= 4 is 0 Å². The maximum atomic E-state index is 12.5. The molecule has 0 heterocycles. The van der Waals surface area contributed by atoms with E-state index < -0.39 is 0 Å². The summed E-state index contributed by atoms with van der Waals surface area (Å²) < 4.78 is 0. The van der Waals surface area contributed by atoms with Gasteiger partial charge in [0.1, 0.15) is 5.75 Å². The molecule has 0 aliphatic heterocycles. The molecule has 0 unspecified atom stereocenters. The van der Waals surface area contributed by atoms with Crippen LogP contribution < -0.4 is 0 Å². The van der Waals surface area contributed by atoms with E-state index in [9.17, 15) is 5.11 Å². The molecule has 0 saturated carbocycles. The first kappa shape index (κ1) is 52.7. The lowest BCUT2D eigenvalue weighted by Crippen LogP contribution is -2.11. The van der Waals surface area contributed by atoms with Crippen LogP contribution in [-0.2, 0) is 32.1 Å². The molecule has 0 saturated heterocycles. The summed E-state index contributed by atoms with van der Waals surface area (Å²) in [7, 11) is 0. The van der Waals surface area contributed by atoms with Gasteiger partial charge in [0.25, 0.3) is 0 Å². The van der Waals surface area contributed by atoms with E-state index in [0.29, 0.717) is 5.75 Å². The third kappa shape index (κ3) is 27.9. The SMILES string of the molecule is CCCC/C=C/CCCCc1c(O)c(CCCC/C=C/CCCC)c(CCCC/C=C/CCCC)c(CCCC/C=C/CCCC)c1CCCC/C=C/CCCC. The summed E-state index contributed by atoms with van der Waals surface area (Å²) in [6.07, 6.45) is 66.5. The Morgan fingerprint density at radius 3 is 0.632 bits per heavy atom. The highest BCUT2D eigenvalue weighted by atomic mass is 16.3. The maximum absolute atomic E-state index is 12.5. The number of hydrogen-bond donors (Lipinski definition) is 1. The first-order valence-electron chi connectivity index (χ1n) is 25.3. The minimum Gasteiger partial charge on any atom is -0.507 e. The molecule has 1 nitrogen and oxygen atoms in total. The summed E-state index contributed by atoms with van der Waals surface area (Å²) >= 11 is 0. The number of phenols is 1. The highest BCUT2D eigenvalue weighted by molar-refractivity contribution is 5.56. The van der Waals surface area contributed by atoms with Crippen LogP contribution in [0.4, 0.5) is 0 Å². The van der Waals surface area contributed by atoms with Crippen molar-refractivity contribution in [1.29, 1.82) is 0 Å². The Hall–Kier alpha value is -2.28. The summed E-state index contributed by atoms with van der Waals surface area (Å²) in [6.45, 7) is 11.4. The van der Waals surface area contributed by atoms with Gasteiger partial charge >= 0.3 is 0 Å². The summed E-state index contributed by atoms with van der Waals surface area (Å²) in [4.78, 5) is 0. The van der Waals surface area contributed by atoms with Crippen molar-refractivity contribution in [1.82, 2.24) is 0 Å². The van der Waals surface area contributed by atoms with Crippen molar-refractivity contribution in [3.8, 4) is 5.75 Å². The molecule has 0 amide bonds. The summed E-state index contributed by atoms with van der Waals surface area (Å²) in [5, 5.41) is 12.5. The third-order valence-corrected chi connectivity index (χ3v) is 11.7. The zero-order valence-electron chi connectivity index (χ0n) is 39.0. The summed E-state index contributed by atoms with van der Waals surface area (Å²) in [5.74, 6) is 0.693. The second-order valence-corrected chi connectivity index (χ2v) is 17.0. The van der Waals surface area contributed by atoms with E-state index >= 15 is 0 Å². The van der Waals surface area contributed by atoms with Crippen LogP contribution in [0.25, 0.3) is 0 Å². The lowest BCUT2D eigenvalue weighted by Gasteiger charge is -2.25. The van der Waals surface area contributed by atoms with Gasteiger partial charge in [0.2, 0.25) is 0 Å². The Labute approximate surface area is 357 Å². The van der Waals surface area contributed by atoms with Crippen LogP contribution in [0.5, 0.6) is 5.75 Å². The van der Waals surface area contributed by atoms with Crippen molar-refractivity contribution < 1.29 is 5.11 Å². The van der Waals surface area contributed by atoms with E-state index in [1.54, 1.807) is 16.7 Å². The molecule has 57 heavy (non-hydrogen) atoms. The predicted molar refractivity (Wildman–Crippen MR) is 259 cm³/mol. The number of allylic oxidation sites excluding steroid dienone is 10. The molecule has 1 aromatic carbocycles. The van der Waals surface area contributed by atoms with Crippen LogP contribution >= 0.6 is 0 Å². The molecule has 1 N–H and O–H groups in total. The zero-order chi connectivity index (χ0) is 41.3. The van der Waals surface area contributed by atoms with Gasteiger partial charge in [-0.2, -0.15) is 0 Å². The summed E-state index contributed by atoms with van der Waals surface area (Å²) in [6, 6.07) is 0. The van der Waals surface area contributed by atoms with E-state index in [-0.39, 0.29) is 0 Å². The topological polar surface area (TPSA) is 20.2 Å². The molecule has 0 aromatic heterocycles. The van der Waals surface area contributed by atoms with Crippen molar-refractivity contribution in [2.75, 3.05) is 0 Å². The molecular weight excluding hydrogens is 689 g/mol. The van der Waals surface area contributed by atoms with Gasteiger partial charge in [-0.25, -0.2) is 0 Å². The number of rotatable bonds is 40. The van der Waals surface area contributed by atoms with Gasteiger partial charge in [0.15, 0.2) is 0 Å². The minimum atomic E-state index is 0.693. The average molecular weight is 785 g/mol. The van der Waals surface area contributed by atoms with Crippen molar-refractivity contribution in [2.45, 2.75) is 259 Å². The van der Waals surface area contributed by atoms with Crippen molar-refractivity contribution in [3.63, 3.8) is 0 Å². The molecule has 0 fully saturated rings. The number of unbranched alkanes of at least 4 members (excludes halogenated alkanes) is 20. The number of aromatic hydroxyl groups is 1. The van der Waals surface area contributed by atoms with Crippen LogP contribution in [0.2, 0.25) is 0 Å². The smallest absolute Gasteiger partial charge is 0.122 e. The number of phenolic OH excluding ortho intramolecular Hbond substituents is 1. The van der Waals surface area contributed by atoms with E-state index in [2.05, 4.69) is 95.4 Å². The standard InChI is InChI=1S/C56H96O/c1-6-11-16-21-26-31-36-41-46-51-52(47-42-37-32-27-22-17-12-7-2)54(49-44-39-34-29-24-19-14-9-4)56(57)55(50-45-40-35-30-25-20-15-10-5)53(51)48-43-38-33-28-23-18-13-8-3/h21-30,57H,6-20,31-50H2,1-5H3/b26-21+,27-22+,28-23+,29-24+,30-25+. The largest absolute Gasteiger partial charge is 0.507 e. The van der Waals surface area contributed by atoms with Crippen LogP contribution in [0.1, 0.15) is 255 Å². The average Bonchev–Trinajstić information content (AvgIpc) is 3.22. The molecule has 0 aliphatic rings. The van der Waals surface area contributed by atoms with Crippen molar-refractivity contribution in [3.05, 3.63) is 88.6 Å². The fourth-order valence-electron chi connectivity index (χ4n) is 8.07. The highest BCUT2D eigenvalue weighted by Crippen LogP contribution is 2.39. The van der Waals surface area contributed by atoms with Crippen molar-refractivity contribution in [2.24, 2.45) is 0 Å². The Morgan fingerprint density at radius 1 is 0.246 bits per heavy atom. The monoisotopic (exact) mass is 785 g/mol. The van der Waals surface area contributed by atoms with Gasteiger partial charge in [-0.15, -0.1) is 0 Å². The van der Waals surface area contributed by atoms with Gasteiger partial charge < -0.3 is 5.11 Å². The van der Waals surface area contributed by atoms with E-state index in [1.807, 2.05) is 0 Å². The second kappa shape index (κ2) is 40.5. The maximum Gasteiger partial charge on any atom is 0.122 e. The molecule has 1 heteroatoms. The summed E-state index contributed by atoms with van der Waals surface area (Å²) in [5.41, 5.74) is 7.42. The normalized spacial score (nSPS) is 12.4. The van der Waals surface area contributed by atoms with Gasteiger partial charge in [0, 0.05) is 0 Å². The van der Waals surface area contributed by atoms with E-state index in [0.717, 1.165) is 51.4 Å². The first-order chi connectivity index (χ1) is 28.2. The minimum absolute atomic E-state index is 0.693. The molecule has 0 aliphatic carbocycles. The Kier molecular flexibility index (Phi) is 37.5. The van der Waals surface area contributed by atoms with Gasteiger partial charge in [-0.05, 0) is 188 Å². The Morgan fingerprint density at radius 2 is 0.421 bits per heavy atom. The van der Waals surface area contributed by atoms with Crippen LogP contribution in [-0.4, -0.2) is 5.11 Å². The molecule has 0 spiro atoms. The Bertz CT molecular complexity index is 1120. The van der Waals surface area contributed by atoms with Gasteiger partial charge in [-0.3, -0.25) is 0 Å². The lowest BCUT2D eigenvalue weighted by molar-refractivity contribution is 0.453. The van der Waals surface area contributed by atoms with Crippen LogP contribution in [0.15, 0.2) is 60.8 Å². The predicted octanol–water partition coefficient (Wildman–Crippen LogP) is 18.7. The lowest BCUT2D eigenvalue weighted by atomic mass is 9.81. The molecular formula is C56H96O. The first-order valence-corrected chi connectivity index (χ1v) is 25.3. The Balaban J connectivity index is 3.51. The number of benzene rings is 1. The van der Waals surface area contributed by atoms with Gasteiger partial charge in [0.05, 0.1) is 0 Å². The molecule has 0 atom stereocenters. The quantitative estimate of drug-likeness (QED) is 0.0519. The molecule has 1 rings (SSSR count). The fourth-order valence-corrected chi connectivity index (χ4v) is 8.07. The van der Waals surface area contributed by atoms with Gasteiger partial charge in [-0.1, -0.05) is 160 Å². The molecule has 1 aromatic rings. The fraction of sp³-hybridized carbons (Fsp3) is 0.714. The van der Waals surface area contributed by atoms with E-state index in [4.69, 9.17) is 0 Å². The zero-order valence-corrected chi connectivity index (χ0v) is 39.0. The van der Waals surface area contributed by atoms with Crippen LogP contribution in [0, 0.1) is 0 Å². The van der Waals surface area contributed by atoms with E-state index in [1.165, 1.54) is 184 Å². The highest BCUT2D eigenvalue weighted by Gasteiger charge is 2.23. The molecule has 326 valence electrons. The van der Waals surface area contributed by atoms with Crippen LogP contribution in [0.3, 0.4) is 0 Å². The second-order valence-electron chi connectivity index (χ2n) is 17.0. The molecule has 0 radical (unpaired) electrons.